The Kier molecular flexibility index (Phi) is 22.3. The van der Waals surface area contributed by atoms with Crippen LogP contribution in [0, 0.1) is 0 Å². The van der Waals surface area contributed by atoms with Gasteiger partial charge in [-0.3, -0.25) is 4.79 Å². The van der Waals surface area contributed by atoms with E-state index in [4.69, 9.17) is 0 Å². The SMILES string of the molecule is CCCCCCCCCCCC=CCCCC(=O)CCCCCCCC=O. The standard InChI is InChI=1S/C25H46O2/c1-2-3-4-5-6-7-8-9-10-11-12-13-16-19-22-25(27)23-20-17-14-15-18-21-24-26/h12-13,24H,2-11,14-23H2,1H3. The molecule has 0 bridgehead atoms. The number of carbonyl (C=O) groups excluding carboxylic acids is 2. The van der Waals surface area contributed by atoms with Crippen LogP contribution in [0.4, 0.5) is 0 Å². The van der Waals surface area contributed by atoms with Gasteiger partial charge in [0.15, 0.2) is 0 Å². The van der Waals surface area contributed by atoms with Gasteiger partial charge in [-0.25, -0.2) is 0 Å². The molecule has 0 aromatic rings. The number of hydrogen-bond donors (Lipinski definition) is 0. The van der Waals surface area contributed by atoms with Gasteiger partial charge >= 0.3 is 0 Å². The van der Waals surface area contributed by atoms with Crippen molar-refractivity contribution < 1.29 is 9.59 Å². The third-order valence-corrected chi connectivity index (χ3v) is 5.25. The molecule has 27 heavy (non-hydrogen) atoms. The van der Waals surface area contributed by atoms with E-state index in [0.717, 1.165) is 64.1 Å². The Hall–Kier alpha value is -0.920. The molecular weight excluding hydrogens is 332 g/mol. The van der Waals surface area contributed by atoms with E-state index in [2.05, 4.69) is 19.1 Å². The summed E-state index contributed by atoms with van der Waals surface area (Å²) in [4.78, 5) is 22.0. The van der Waals surface area contributed by atoms with Crippen LogP contribution in [0.25, 0.3) is 0 Å². The summed E-state index contributed by atoms with van der Waals surface area (Å²) < 4.78 is 0. The van der Waals surface area contributed by atoms with E-state index < -0.39 is 0 Å². The first kappa shape index (κ1) is 26.1. The largest absolute Gasteiger partial charge is 0.303 e. The minimum Gasteiger partial charge on any atom is -0.303 e. The second-order valence-corrected chi connectivity index (χ2v) is 7.99. The van der Waals surface area contributed by atoms with E-state index in [9.17, 15) is 9.59 Å². The first-order chi connectivity index (χ1) is 13.3. The molecule has 158 valence electrons. The minimum atomic E-state index is 0.426. The van der Waals surface area contributed by atoms with Gasteiger partial charge in [0, 0.05) is 19.3 Å². The molecule has 0 atom stereocenters. The summed E-state index contributed by atoms with van der Waals surface area (Å²) in [5, 5.41) is 0. The summed E-state index contributed by atoms with van der Waals surface area (Å²) in [7, 11) is 0. The molecule has 0 heterocycles. The van der Waals surface area contributed by atoms with Gasteiger partial charge < -0.3 is 4.79 Å². The second kappa shape index (κ2) is 23.1. The summed E-state index contributed by atoms with van der Waals surface area (Å²) in [6.45, 7) is 2.27. The Balaban J connectivity index is 3.23. The van der Waals surface area contributed by atoms with Crippen LogP contribution in [0.15, 0.2) is 12.2 Å². The van der Waals surface area contributed by atoms with E-state index in [1.165, 1.54) is 64.2 Å². The molecule has 0 aliphatic carbocycles. The molecule has 2 nitrogen and oxygen atoms in total. The van der Waals surface area contributed by atoms with Crippen LogP contribution in [0.2, 0.25) is 0 Å². The first-order valence-electron chi connectivity index (χ1n) is 11.9. The van der Waals surface area contributed by atoms with Crippen molar-refractivity contribution in [2.75, 3.05) is 0 Å². The average molecular weight is 379 g/mol. The molecule has 0 saturated heterocycles. The summed E-state index contributed by atoms with van der Waals surface area (Å²) in [5.74, 6) is 0.426. The molecule has 0 unspecified atom stereocenters. The number of allylic oxidation sites excluding steroid dienone is 2. The minimum absolute atomic E-state index is 0.426. The molecular formula is C25H46O2. The number of hydrogen-bond acceptors (Lipinski definition) is 2. The monoisotopic (exact) mass is 378 g/mol. The summed E-state index contributed by atoms with van der Waals surface area (Å²) >= 11 is 0. The zero-order valence-electron chi connectivity index (χ0n) is 18.2. The van der Waals surface area contributed by atoms with Gasteiger partial charge in [-0.1, -0.05) is 89.7 Å². The molecule has 0 aliphatic rings. The fourth-order valence-corrected chi connectivity index (χ4v) is 3.43. The Morgan fingerprint density at radius 2 is 1.00 bits per heavy atom. The van der Waals surface area contributed by atoms with Crippen LogP contribution in [-0.4, -0.2) is 12.1 Å². The number of rotatable bonds is 22. The Morgan fingerprint density at radius 3 is 1.59 bits per heavy atom. The smallest absolute Gasteiger partial charge is 0.132 e. The van der Waals surface area contributed by atoms with Crippen molar-refractivity contribution in [1.29, 1.82) is 0 Å². The maximum Gasteiger partial charge on any atom is 0.132 e. The Bertz CT molecular complexity index is 346. The number of Topliss-reactive ketones (excluding diaryl/α,β-unsaturated/α-hetero) is 1. The lowest BCUT2D eigenvalue weighted by atomic mass is 10.0. The third kappa shape index (κ3) is 23.0. The van der Waals surface area contributed by atoms with Gasteiger partial charge in [-0.05, 0) is 38.5 Å². The fraction of sp³-hybridized carbons (Fsp3) is 0.840. The van der Waals surface area contributed by atoms with Gasteiger partial charge in [-0.2, -0.15) is 0 Å². The van der Waals surface area contributed by atoms with E-state index >= 15 is 0 Å². The van der Waals surface area contributed by atoms with Crippen molar-refractivity contribution in [1.82, 2.24) is 0 Å². The lowest BCUT2D eigenvalue weighted by Gasteiger charge is -2.01. The lowest BCUT2D eigenvalue weighted by molar-refractivity contribution is -0.119. The van der Waals surface area contributed by atoms with Crippen molar-refractivity contribution in [3.8, 4) is 0 Å². The maximum atomic E-state index is 11.8. The van der Waals surface area contributed by atoms with Gasteiger partial charge in [0.2, 0.25) is 0 Å². The van der Waals surface area contributed by atoms with Crippen molar-refractivity contribution in [2.45, 2.75) is 135 Å². The highest BCUT2D eigenvalue weighted by atomic mass is 16.1. The molecule has 0 radical (unpaired) electrons. The van der Waals surface area contributed by atoms with Crippen molar-refractivity contribution >= 4 is 12.1 Å². The van der Waals surface area contributed by atoms with Gasteiger partial charge in [-0.15, -0.1) is 0 Å². The molecule has 0 N–H and O–H groups in total. The molecule has 0 fully saturated rings. The zero-order chi connectivity index (χ0) is 19.8. The molecule has 0 aliphatic heterocycles. The van der Waals surface area contributed by atoms with Crippen LogP contribution in [-0.2, 0) is 9.59 Å². The third-order valence-electron chi connectivity index (χ3n) is 5.25. The van der Waals surface area contributed by atoms with Gasteiger partial charge in [0.05, 0.1) is 0 Å². The highest BCUT2D eigenvalue weighted by molar-refractivity contribution is 5.78. The van der Waals surface area contributed by atoms with Gasteiger partial charge in [0.1, 0.15) is 12.1 Å². The van der Waals surface area contributed by atoms with E-state index in [0.29, 0.717) is 12.2 Å². The van der Waals surface area contributed by atoms with Crippen molar-refractivity contribution in [2.24, 2.45) is 0 Å². The highest BCUT2D eigenvalue weighted by Crippen LogP contribution is 2.11. The molecule has 2 heteroatoms. The molecule has 0 amide bonds. The number of ketones is 1. The van der Waals surface area contributed by atoms with Crippen LogP contribution < -0.4 is 0 Å². The van der Waals surface area contributed by atoms with E-state index in [1.54, 1.807) is 0 Å². The molecule has 0 rings (SSSR count). The number of unbranched alkanes of at least 4 members (excludes halogenated alkanes) is 15. The number of carbonyl (C=O) groups is 2. The summed E-state index contributed by atoms with van der Waals surface area (Å²) in [6.07, 6.45) is 28.9. The predicted octanol–water partition coefficient (Wildman–Crippen LogP) is 8.13. The summed E-state index contributed by atoms with van der Waals surface area (Å²) in [5.41, 5.74) is 0. The van der Waals surface area contributed by atoms with Crippen molar-refractivity contribution in [3.05, 3.63) is 12.2 Å². The van der Waals surface area contributed by atoms with Crippen molar-refractivity contribution in [3.63, 3.8) is 0 Å². The topological polar surface area (TPSA) is 34.1 Å². The molecule has 0 saturated carbocycles. The average Bonchev–Trinajstić information content (AvgIpc) is 2.67. The first-order valence-corrected chi connectivity index (χ1v) is 11.9. The number of aldehydes is 1. The maximum absolute atomic E-state index is 11.8. The fourth-order valence-electron chi connectivity index (χ4n) is 3.43. The van der Waals surface area contributed by atoms with Crippen LogP contribution in [0.5, 0.6) is 0 Å². The van der Waals surface area contributed by atoms with E-state index in [-0.39, 0.29) is 0 Å². The molecule has 0 aromatic heterocycles. The normalized spacial score (nSPS) is 11.3. The van der Waals surface area contributed by atoms with Crippen LogP contribution in [0.3, 0.4) is 0 Å². The lowest BCUT2D eigenvalue weighted by Crippen LogP contribution is -1.97. The molecule has 0 aromatic carbocycles. The molecule has 0 spiro atoms. The second-order valence-electron chi connectivity index (χ2n) is 7.99. The van der Waals surface area contributed by atoms with Crippen LogP contribution >= 0.6 is 0 Å². The zero-order valence-corrected chi connectivity index (χ0v) is 18.2. The Morgan fingerprint density at radius 1 is 0.556 bits per heavy atom. The summed E-state index contributed by atoms with van der Waals surface area (Å²) in [6, 6.07) is 0. The Labute approximate surface area is 169 Å². The van der Waals surface area contributed by atoms with Gasteiger partial charge in [0.25, 0.3) is 0 Å². The highest BCUT2D eigenvalue weighted by Gasteiger charge is 2.01. The van der Waals surface area contributed by atoms with Crippen LogP contribution in [0.1, 0.15) is 135 Å². The quantitative estimate of drug-likeness (QED) is 0.108. The van der Waals surface area contributed by atoms with E-state index in [1.807, 2.05) is 0 Å². The predicted molar refractivity (Wildman–Crippen MR) is 118 cm³/mol.